The first-order valence-corrected chi connectivity index (χ1v) is 10.4. The number of likely N-dealkylation sites (tertiary alicyclic amines) is 1. The van der Waals surface area contributed by atoms with Gasteiger partial charge in [-0.2, -0.15) is 0 Å². The van der Waals surface area contributed by atoms with Crippen LogP contribution in [0.3, 0.4) is 0 Å². The Balaban J connectivity index is 1.44. The summed E-state index contributed by atoms with van der Waals surface area (Å²) in [5, 5.41) is 3.06. The summed E-state index contributed by atoms with van der Waals surface area (Å²) in [6.45, 7) is 2.84. The van der Waals surface area contributed by atoms with Crippen molar-refractivity contribution in [2.24, 2.45) is 18.9 Å². The lowest BCUT2D eigenvalue weighted by Gasteiger charge is -2.35. The lowest BCUT2D eigenvalue weighted by atomic mass is 9.94. The molecule has 1 aromatic heterocycles. The van der Waals surface area contributed by atoms with E-state index < -0.39 is 0 Å². The molecule has 2 N–H and O–H groups in total. The first-order valence-electron chi connectivity index (χ1n) is 10.4. The highest BCUT2D eigenvalue weighted by atomic mass is 16.2. The Kier molecular flexibility index (Phi) is 5.30. The second-order valence-electron chi connectivity index (χ2n) is 8.31. The van der Waals surface area contributed by atoms with Crippen molar-refractivity contribution in [2.75, 3.05) is 6.54 Å². The van der Waals surface area contributed by atoms with Crippen LogP contribution in [0, 0.1) is 11.8 Å². The minimum atomic E-state index is -0.313. The van der Waals surface area contributed by atoms with Crippen LogP contribution in [0.2, 0.25) is 0 Å². The Labute approximate surface area is 170 Å². The van der Waals surface area contributed by atoms with E-state index in [1.807, 2.05) is 23.1 Å². The summed E-state index contributed by atoms with van der Waals surface area (Å²) in [5.74, 6) is 0.307. The summed E-state index contributed by atoms with van der Waals surface area (Å²) in [5.41, 5.74) is 1.17. The second kappa shape index (κ2) is 7.89. The summed E-state index contributed by atoms with van der Waals surface area (Å²) < 4.78 is 1.30. The molecule has 2 aliphatic rings. The number of rotatable bonds is 6. The van der Waals surface area contributed by atoms with E-state index in [2.05, 4.69) is 29.4 Å². The summed E-state index contributed by atoms with van der Waals surface area (Å²) in [7, 11) is 1.57. The van der Waals surface area contributed by atoms with Gasteiger partial charge >= 0.3 is 5.69 Å². The van der Waals surface area contributed by atoms with E-state index >= 15 is 0 Å². The SMILES string of the molecule is CCC(Cc1ccccc1)C(=O)N1C[C@H]2C[C@@H]1[C@H](NC(=O)c1c[nH]c(=O)n1C)C2. The smallest absolute Gasteiger partial charge is 0.325 e. The maximum absolute atomic E-state index is 13.3. The van der Waals surface area contributed by atoms with Gasteiger partial charge in [-0.15, -0.1) is 0 Å². The number of hydrogen-bond acceptors (Lipinski definition) is 3. The summed E-state index contributed by atoms with van der Waals surface area (Å²) in [6, 6.07) is 10.1. The molecule has 1 aliphatic heterocycles. The van der Waals surface area contributed by atoms with Crippen LogP contribution in [-0.4, -0.2) is 44.9 Å². The molecule has 1 saturated heterocycles. The third-order valence-electron chi connectivity index (χ3n) is 6.48. The molecule has 1 saturated carbocycles. The van der Waals surface area contributed by atoms with E-state index in [-0.39, 0.29) is 35.5 Å². The molecule has 4 atom stereocenters. The number of carbonyl (C=O) groups excluding carboxylic acids is 2. The van der Waals surface area contributed by atoms with Gasteiger partial charge in [0.2, 0.25) is 5.91 Å². The molecular formula is C22H28N4O3. The lowest BCUT2D eigenvalue weighted by Crippen LogP contribution is -2.53. The van der Waals surface area contributed by atoms with Crippen LogP contribution in [0.4, 0.5) is 0 Å². The van der Waals surface area contributed by atoms with Crippen LogP contribution in [0.1, 0.15) is 42.2 Å². The fourth-order valence-corrected chi connectivity index (χ4v) is 4.87. The van der Waals surface area contributed by atoms with E-state index in [0.717, 1.165) is 32.2 Å². The van der Waals surface area contributed by atoms with Crippen molar-refractivity contribution in [3.05, 3.63) is 58.3 Å². The van der Waals surface area contributed by atoms with E-state index in [1.165, 1.54) is 16.3 Å². The quantitative estimate of drug-likeness (QED) is 0.779. The first kappa shape index (κ1) is 19.5. The van der Waals surface area contributed by atoms with E-state index in [9.17, 15) is 14.4 Å². The normalized spacial score (nSPS) is 23.9. The van der Waals surface area contributed by atoms with Crippen LogP contribution in [0.15, 0.2) is 41.3 Å². The Hall–Kier alpha value is -2.83. The van der Waals surface area contributed by atoms with Crippen molar-refractivity contribution in [2.45, 2.75) is 44.7 Å². The molecule has 7 nitrogen and oxygen atoms in total. The molecule has 7 heteroatoms. The predicted octanol–water partition coefficient (Wildman–Crippen LogP) is 1.70. The first-order chi connectivity index (χ1) is 14.0. The Morgan fingerprint density at radius 1 is 1.24 bits per heavy atom. The van der Waals surface area contributed by atoms with E-state index in [4.69, 9.17) is 0 Å². The number of amides is 2. The van der Waals surface area contributed by atoms with Crippen LogP contribution < -0.4 is 11.0 Å². The van der Waals surface area contributed by atoms with Gasteiger partial charge in [0.15, 0.2) is 0 Å². The fraction of sp³-hybridized carbons (Fsp3) is 0.500. The number of aromatic nitrogens is 2. The van der Waals surface area contributed by atoms with Crippen LogP contribution in [0.5, 0.6) is 0 Å². The van der Waals surface area contributed by atoms with Crippen LogP contribution in [0.25, 0.3) is 0 Å². The van der Waals surface area contributed by atoms with Crippen molar-refractivity contribution in [3.63, 3.8) is 0 Å². The number of imidazole rings is 1. The summed E-state index contributed by atoms with van der Waals surface area (Å²) >= 11 is 0. The van der Waals surface area contributed by atoms with Crippen LogP contribution in [-0.2, 0) is 18.3 Å². The Morgan fingerprint density at radius 2 is 2.00 bits per heavy atom. The molecule has 2 amide bonds. The van der Waals surface area contributed by atoms with Crippen molar-refractivity contribution in [3.8, 4) is 0 Å². The summed E-state index contributed by atoms with van der Waals surface area (Å²) in [6.07, 6.45) is 4.79. The van der Waals surface area contributed by atoms with Gasteiger partial charge in [-0.1, -0.05) is 37.3 Å². The number of H-pyrrole nitrogens is 1. The van der Waals surface area contributed by atoms with Crippen molar-refractivity contribution >= 4 is 11.8 Å². The van der Waals surface area contributed by atoms with Gasteiger partial charge in [0.05, 0.1) is 6.04 Å². The number of fused-ring (bicyclic) bond motifs is 2. The minimum absolute atomic E-state index is 0.0391. The molecule has 1 aliphatic carbocycles. The highest BCUT2D eigenvalue weighted by Crippen LogP contribution is 2.39. The third kappa shape index (κ3) is 3.73. The zero-order valence-corrected chi connectivity index (χ0v) is 16.9. The maximum atomic E-state index is 13.3. The van der Waals surface area contributed by atoms with Crippen LogP contribution >= 0.6 is 0 Å². The van der Waals surface area contributed by atoms with Gasteiger partial charge in [0.25, 0.3) is 5.91 Å². The van der Waals surface area contributed by atoms with E-state index in [1.54, 1.807) is 7.05 Å². The average Bonchev–Trinajstić information content (AvgIpc) is 3.41. The molecule has 2 fully saturated rings. The molecule has 0 radical (unpaired) electrons. The number of piperidine rings is 1. The second-order valence-corrected chi connectivity index (χ2v) is 8.31. The standard InChI is InChI=1S/C22H28N4O3/c1-3-16(9-14-7-5-4-6-8-14)21(28)26-13-15-10-17(18(26)11-15)24-20(27)19-12-23-22(29)25(19)2/h4-8,12,15-18H,3,9-11,13H2,1-2H3,(H,23,29)(H,24,27)/t15-,16?,17-,18-/m1/s1. The molecule has 2 aromatic rings. The molecule has 0 spiro atoms. The predicted molar refractivity (Wildman–Crippen MR) is 109 cm³/mol. The number of nitrogens with zero attached hydrogens (tertiary/aromatic N) is 2. The average molecular weight is 396 g/mol. The highest BCUT2D eigenvalue weighted by Gasteiger charge is 2.48. The highest BCUT2D eigenvalue weighted by molar-refractivity contribution is 5.92. The molecule has 2 heterocycles. The monoisotopic (exact) mass is 396 g/mol. The number of hydrogen-bond donors (Lipinski definition) is 2. The lowest BCUT2D eigenvalue weighted by molar-refractivity contribution is -0.137. The molecule has 154 valence electrons. The minimum Gasteiger partial charge on any atom is -0.346 e. The molecule has 1 aromatic carbocycles. The molecule has 2 bridgehead atoms. The zero-order chi connectivity index (χ0) is 20.5. The number of benzene rings is 1. The van der Waals surface area contributed by atoms with Crippen molar-refractivity contribution < 1.29 is 9.59 Å². The maximum Gasteiger partial charge on any atom is 0.325 e. The molecular weight excluding hydrogens is 368 g/mol. The van der Waals surface area contributed by atoms with Gasteiger partial charge in [0, 0.05) is 31.7 Å². The largest absolute Gasteiger partial charge is 0.346 e. The summed E-state index contributed by atoms with van der Waals surface area (Å²) in [4.78, 5) is 42.0. The van der Waals surface area contributed by atoms with Gasteiger partial charge in [-0.05, 0) is 37.2 Å². The Morgan fingerprint density at radius 3 is 2.62 bits per heavy atom. The molecule has 4 rings (SSSR count). The van der Waals surface area contributed by atoms with Gasteiger partial charge < -0.3 is 15.2 Å². The topological polar surface area (TPSA) is 87.2 Å². The molecule has 1 unspecified atom stereocenters. The number of aromatic amines is 1. The van der Waals surface area contributed by atoms with Gasteiger partial charge in [-0.3, -0.25) is 14.2 Å². The Bertz CT molecular complexity index is 948. The van der Waals surface area contributed by atoms with Crippen molar-refractivity contribution in [1.29, 1.82) is 0 Å². The number of nitrogens with one attached hydrogen (secondary N) is 2. The molecule has 29 heavy (non-hydrogen) atoms. The van der Waals surface area contributed by atoms with Gasteiger partial charge in [-0.25, -0.2) is 4.79 Å². The zero-order valence-electron chi connectivity index (χ0n) is 16.9. The third-order valence-corrected chi connectivity index (χ3v) is 6.48. The van der Waals surface area contributed by atoms with Gasteiger partial charge in [0.1, 0.15) is 5.69 Å². The van der Waals surface area contributed by atoms with E-state index in [0.29, 0.717) is 11.6 Å². The number of carbonyl (C=O) groups is 2. The van der Waals surface area contributed by atoms with Crippen molar-refractivity contribution in [1.82, 2.24) is 19.8 Å². The fourth-order valence-electron chi connectivity index (χ4n) is 4.87.